The second kappa shape index (κ2) is 9.41. The number of hydrogen-bond acceptors (Lipinski definition) is 7. The summed E-state index contributed by atoms with van der Waals surface area (Å²) < 4.78 is 56.0. The number of nitrogens with one attached hydrogen (secondary N) is 1. The van der Waals surface area contributed by atoms with Crippen molar-refractivity contribution in [3.05, 3.63) is 53.3 Å². The second-order valence-electron chi connectivity index (χ2n) is 6.52. The molecule has 166 valence electrons. The van der Waals surface area contributed by atoms with Crippen molar-refractivity contribution in [2.45, 2.75) is 4.90 Å². The van der Waals surface area contributed by atoms with E-state index >= 15 is 0 Å². The van der Waals surface area contributed by atoms with Crippen LogP contribution in [0, 0.1) is 5.82 Å². The summed E-state index contributed by atoms with van der Waals surface area (Å²) in [4.78, 5) is 24.2. The number of amides is 1. The largest absolute Gasteiger partial charge is 0.497 e. The van der Waals surface area contributed by atoms with Gasteiger partial charge in [-0.1, -0.05) is 0 Å². The Morgan fingerprint density at radius 1 is 1.10 bits per heavy atom. The fourth-order valence-electron chi connectivity index (χ4n) is 3.00. The van der Waals surface area contributed by atoms with Gasteiger partial charge in [0.2, 0.25) is 10.0 Å². The first-order chi connectivity index (χ1) is 14.8. The SMILES string of the molecule is COC(=O)c1cc(OC)ccc1NC(=O)c1ccc(F)c(S(=O)(=O)N2CCOCC2)c1. The van der Waals surface area contributed by atoms with E-state index in [1.165, 1.54) is 32.4 Å². The molecule has 1 aliphatic heterocycles. The van der Waals surface area contributed by atoms with Crippen LogP contribution in [0.3, 0.4) is 0 Å². The third-order valence-electron chi connectivity index (χ3n) is 4.66. The van der Waals surface area contributed by atoms with E-state index in [-0.39, 0.29) is 43.1 Å². The lowest BCUT2D eigenvalue weighted by atomic mass is 10.1. The lowest BCUT2D eigenvalue weighted by Crippen LogP contribution is -2.41. The first-order valence-corrected chi connectivity index (χ1v) is 10.7. The van der Waals surface area contributed by atoms with Gasteiger partial charge in [-0.15, -0.1) is 0 Å². The predicted molar refractivity (Wildman–Crippen MR) is 108 cm³/mol. The van der Waals surface area contributed by atoms with E-state index in [0.29, 0.717) is 5.75 Å². The zero-order valence-corrected chi connectivity index (χ0v) is 17.7. The van der Waals surface area contributed by atoms with Gasteiger partial charge in [-0.2, -0.15) is 4.31 Å². The number of sulfonamides is 1. The van der Waals surface area contributed by atoms with Crippen LogP contribution in [0.1, 0.15) is 20.7 Å². The van der Waals surface area contributed by atoms with Gasteiger partial charge in [0.15, 0.2) is 0 Å². The lowest BCUT2D eigenvalue weighted by Gasteiger charge is -2.26. The molecule has 0 unspecified atom stereocenters. The van der Waals surface area contributed by atoms with Crippen LogP contribution in [-0.2, 0) is 19.5 Å². The summed E-state index contributed by atoms with van der Waals surface area (Å²) in [6.45, 7) is 0.586. The summed E-state index contributed by atoms with van der Waals surface area (Å²) in [5.74, 6) is -2.03. The summed E-state index contributed by atoms with van der Waals surface area (Å²) in [5.41, 5.74) is 0.0675. The van der Waals surface area contributed by atoms with Gasteiger partial charge in [-0.25, -0.2) is 17.6 Å². The fourth-order valence-corrected chi connectivity index (χ4v) is 4.50. The maximum Gasteiger partial charge on any atom is 0.340 e. The Morgan fingerprint density at radius 3 is 2.45 bits per heavy atom. The number of esters is 1. The molecule has 1 fully saturated rings. The Labute approximate surface area is 178 Å². The highest BCUT2D eigenvalue weighted by molar-refractivity contribution is 7.89. The van der Waals surface area contributed by atoms with Crippen LogP contribution in [0.15, 0.2) is 41.3 Å². The number of benzene rings is 2. The van der Waals surface area contributed by atoms with Crippen molar-refractivity contribution in [2.24, 2.45) is 0 Å². The van der Waals surface area contributed by atoms with E-state index in [1.807, 2.05) is 0 Å². The molecule has 31 heavy (non-hydrogen) atoms. The van der Waals surface area contributed by atoms with Crippen LogP contribution >= 0.6 is 0 Å². The average Bonchev–Trinajstić information content (AvgIpc) is 2.79. The molecule has 0 spiro atoms. The quantitative estimate of drug-likeness (QED) is 0.667. The number of ether oxygens (including phenoxy) is 3. The molecule has 0 saturated carbocycles. The van der Waals surface area contributed by atoms with Gasteiger partial charge in [-0.05, 0) is 36.4 Å². The smallest absolute Gasteiger partial charge is 0.340 e. The molecule has 1 amide bonds. The van der Waals surface area contributed by atoms with Crippen LogP contribution in [0.4, 0.5) is 10.1 Å². The molecule has 1 saturated heterocycles. The van der Waals surface area contributed by atoms with Crippen LogP contribution in [-0.4, -0.2) is 65.1 Å². The second-order valence-corrected chi connectivity index (χ2v) is 8.43. The first-order valence-electron chi connectivity index (χ1n) is 9.23. The van der Waals surface area contributed by atoms with E-state index in [1.54, 1.807) is 0 Å². The highest BCUT2D eigenvalue weighted by Crippen LogP contribution is 2.25. The molecule has 0 aromatic heterocycles. The van der Waals surface area contributed by atoms with Gasteiger partial charge in [0.25, 0.3) is 5.91 Å². The summed E-state index contributed by atoms with van der Waals surface area (Å²) >= 11 is 0. The molecule has 0 bridgehead atoms. The van der Waals surface area contributed by atoms with Gasteiger partial charge in [0.05, 0.1) is 38.7 Å². The first kappa shape index (κ1) is 22.7. The number of anilines is 1. The van der Waals surface area contributed by atoms with Crippen molar-refractivity contribution >= 4 is 27.6 Å². The van der Waals surface area contributed by atoms with Crippen LogP contribution in [0.25, 0.3) is 0 Å². The maximum absolute atomic E-state index is 14.4. The van der Waals surface area contributed by atoms with E-state index in [4.69, 9.17) is 14.2 Å². The minimum atomic E-state index is -4.15. The van der Waals surface area contributed by atoms with Gasteiger partial charge < -0.3 is 19.5 Å². The molecular formula is C20H21FN2O7S. The van der Waals surface area contributed by atoms with Crippen molar-refractivity contribution in [3.8, 4) is 5.75 Å². The molecule has 9 nitrogen and oxygen atoms in total. The Morgan fingerprint density at radius 2 is 1.81 bits per heavy atom. The van der Waals surface area contributed by atoms with Crippen molar-refractivity contribution in [3.63, 3.8) is 0 Å². The van der Waals surface area contributed by atoms with Gasteiger partial charge in [0.1, 0.15) is 16.5 Å². The zero-order valence-electron chi connectivity index (χ0n) is 16.9. The summed E-state index contributed by atoms with van der Waals surface area (Å²) in [7, 11) is -1.54. The minimum Gasteiger partial charge on any atom is -0.497 e. The van der Waals surface area contributed by atoms with Gasteiger partial charge >= 0.3 is 5.97 Å². The van der Waals surface area contributed by atoms with E-state index in [2.05, 4.69) is 5.32 Å². The monoisotopic (exact) mass is 452 g/mol. The Bertz CT molecular complexity index is 1100. The van der Waals surface area contributed by atoms with Crippen LogP contribution in [0.2, 0.25) is 0 Å². The third kappa shape index (κ3) is 4.84. The minimum absolute atomic E-state index is 0.0403. The topological polar surface area (TPSA) is 111 Å². The van der Waals surface area contributed by atoms with Crippen LogP contribution in [0.5, 0.6) is 5.75 Å². The number of morpholine rings is 1. The molecule has 0 aliphatic carbocycles. The molecule has 1 heterocycles. The zero-order chi connectivity index (χ0) is 22.6. The molecule has 0 radical (unpaired) electrons. The van der Waals surface area contributed by atoms with E-state index < -0.39 is 32.6 Å². The lowest BCUT2D eigenvalue weighted by molar-refractivity contribution is 0.0601. The Balaban J connectivity index is 1.92. The standard InChI is InChI=1S/C20H21FN2O7S/c1-28-14-4-6-17(15(12-14)20(25)29-2)22-19(24)13-3-5-16(21)18(11-13)31(26,27)23-7-9-30-10-8-23/h3-6,11-12H,7-10H2,1-2H3,(H,22,24). The summed E-state index contributed by atoms with van der Waals surface area (Å²) in [5, 5.41) is 2.52. The molecule has 1 aliphatic rings. The Kier molecular flexibility index (Phi) is 6.88. The fraction of sp³-hybridized carbons (Fsp3) is 0.300. The molecular weight excluding hydrogens is 431 g/mol. The number of rotatable bonds is 6. The van der Waals surface area contributed by atoms with Gasteiger partial charge in [0, 0.05) is 18.7 Å². The number of nitrogens with zero attached hydrogens (tertiary/aromatic N) is 1. The number of methoxy groups -OCH3 is 2. The van der Waals surface area contributed by atoms with Crippen molar-refractivity contribution < 1.29 is 36.6 Å². The molecule has 0 atom stereocenters. The number of halogens is 1. The molecule has 11 heteroatoms. The van der Waals surface area contributed by atoms with Crippen molar-refractivity contribution in [1.82, 2.24) is 4.31 Å². The van der Waals surface area contributed by atoms with Crippen LogP contribution < -0.4 is 10.1 Å². The average molecular weight is 452 g/mol. The predicted octanol–water partition coefficient (Wildman–Crippen LogP) is 1.89. The molecule has 2 aromatic rings. The van der Waals surface area contributed by atoms with E-state index in [9.17, 15) is 22.4 Å². The third-order valence-corrected chi connectivity index (χ3v) is 6.58. The number of hydrogen-bond donors (Lipinski definition) is 1. The summed E-state index contributed by atoms with van der Waals surface area (Å²) in [6, 6.07) is 7.40. The van der Waals surface area contributed by atoms with E-state index in [0.717, 1.165) is 22.5 Å². The van der Waals surface area contributed by atoms with Crippen molar-refractivity contribution in [2.75, 3.05) is 45.8 Å². The Hall–Kier alpha value is -3.02. The number of carbonyl (C=O) groups is 2. The molecule has 3 rings (SSSR count). The number of carbonyl (C=O) groups excluding carboxylic acids is 2. The normalized spacial score (nSPS) is 14.7. The van der Waals surface area contributed by atoms with Crippen molar-refractivity contribution in [1.29, 1.82) is 0 Å². The highest BCUT2D eigenvalue weighted by Gasteiger charge is 2.30. The molecule has 2 aromatic carbocycles. The highest BCUT2D eigenvalue weighted by atomic mass is 32.2. The van der Waals surface area contributed by atoms with Gasteiger partial charge in [-0.3, -0.25) is 4.79 Å². The summed E-state index contributed by atoms with van der Waals surface area (Å²) in [6.07, 6.45) is 0. The molecule has 1 N–H and O–H groups in total. The maximum atomic E-state index is 14.4.